The highest BCUT2D eigenvalue weighted by Gasteiger charge is 2.38. The van der Waals surface area contributed by atoms with Crippen LogP contribution in [0.25, 0.3) is 0 Å². The molecule has 1 unspecified atom stereocenters. The average Bonchev–Trinajstić information content (AvgIpc) is 2.74. The molecule has 1 aliphatic heterocycles. The first-order chi connectivity index (χ1) is 9.77. The van der Waals surface area contributed by atoms with Crippen LogP contribution in [0.2, 0.25) is 0 Å². The molecule has 0 aliphatic carbocycles. The van der Waals surface area contributed by atoms with Gasteiger partial charge < -0.3 is 5.32 Å². The van der Waals surface area contributed by atoms with Crippen molar-refractivity contribution >= 4 is 39.9 Å². The zero-order valence-corrected chi connectivity index (χ0v) is 15.7. The number of amidine groups is 1. The Morgan fingerprint density at radius 2 is 2.00 bits per heavy atom. The molecule has 0 saturated heterocycles. The molecule has 1 aromatic heterocycles. The van der Waals surface area contributed by atoms with Crippen molar-refractivity contribution in [1.29, 1.82) is 0 Å². The normalized spacial score (nSPS) is 21.5. The average molecular weight is 346 g/mol. The van der Waals surface area contributed by atoms with Crippen LogP contribution in [0.1, 0.15) is 22.5 Å². The highest BCUT2D eigenvalue weighted by atomic mass is 35.5. The summed E-state index contributed by atoms with van der Waals surface area (Å²) in [6.45, 7) is 6.87. The third kappa shape index (κ3) is 3.28. The van der Waals surface area contributed by atoms with Crippen molar-refractivity contribution in [2.45, 2.75) is 32.8 Å². The van der Waals surface area contributed by atoms with Gasteiger partial charge in [-0.1, -0.05) is 11.6 Å². The summed E-state index contributed by atoms with van der Waals surface area (Å²) in [6, 6.07) is 0. The summed E-state index contributed by atoms with van der Waals surface area (Å²) < 4.78 is 0.582. The van der Waals surface area contributed by atoms with Crippen LogP contribution in [-0.4, -0.2) is 40.5 Å². The number of hydrogen-bond acceptors (Lipinski definition) is 5. The number of alkyl halides is 1. The summed E-state index contributed by atoms with van der Waals surface area (Å²) in [5.41, 5.74) is 2.07. The number of thiazole rings is 1. The fourth-order valence-corrected chi connectivity index (χ4v) is 4.26. The fourth-order valence-electron chi connectivity index (χ4n) is 2.37. The molecule has 2 heterocycles. The van der Waals surface area contributed by atoms with E-state index in [1.54, 1.807) is 23.1 Å². The Morgan fingerprint density at radius 3 is 2.52 bits per heavy atom. The van der Waals surface area contributed by atoms with E-state index < -0.39 is 0 Å². The van der Waals surface area contributed by atoms with Crippen LogP contribution in [0.5, 0.6) is 0 Å². The second-order valence-electron chi connectivity index (χ2n) is 5.60. The molecule has 1 aromatic rings. The van der Waals surface area contributed by atoms with Gasteiger partial charge in [-0.25, -0.2) is 4.98 Å². The highest BCUT2D eigenvalue weighted by molar-refractivity contribution is 8.12. The van der Waals surface area contributed by atoms with Gasteiger partial charge in [0, 0.05) is 10.5 Å². The Labute approximate surface area is 139 Å². The van der Waals surface area contributed by atoms with Crippen LogP contribution in [0.15, 0.2) is 16.4 Å². The number of quaternary nitrogens is 1. The molecule has 2 rings (SSSR count). The van der Waals surface area contributed by atoms with Gasteiger partial charge in [0.1, 0.15) is 5.82 Å². The summed E-state index contributed by atoms with van der Waals surface area (Å²) in [5, 5.41) is 5.54. The van der Waals surface area contributed by atoms with Crippen LogP contribution >= 0.6 is 34.7 Å². The Morgan fingerprint density at radius 1 is 1.33 bits per heavy atom. The minimum atomic E-state index is -0.100. The number of halogens is 1. The second-order valence-corrected chi connectivity index (χ2v) is 8.08. The monoisotopic (exact) mass is 345 g/mol. The Hall–Kier alpha value is -0.560. The number of aryl methyl sites for hydroxylation is 2. The number of rotatable bonds is 3. The maximum absolute atomic E-state index is 6.61. The molecular formula is C14H22ClN4S2+. The zero-order valence-electron chi connectivity index (χ0n) is 13.3. The lowest BCUT2D eigenvalue weighted by atomic mass is 10.2. The molecule has 0 radical (unpaired) electrons. The Balaban J connectivity index is 2.21. The smallest absolute Gasteiger partial charge is 0.266 e. The molecule has 1 atom stereocenters. The number of hydrogen-bond donors (Lipinski definition) is 1. The van der Waals surface area contributed by atoms with E-state index in [2.05, 4.69) is 24.4 Å². The van der Waals surface area contributed by atoms with Gasteiger partial charge in [0.05, 0.1) is 31.3 Å². The largest absolute Gasteiger partial charge is 0.365 e. The predicted molar refractivity (Wildman–Crippen MR) is 93.8 cm³/mol. The minimum Gasteiger partial charge on any atom is -0.365 e. The van der Waals surface area contributed by atoms with E-state index in [-0.39, 0.29) is 5.50 Å². The first-order valence-corrected chi connectivity index (χ1v) is 9.23. The molecule has 0 bridgehead atoms. The Bertz CT molecular complexity index is 604. The SMILES string of the molecule is CSC1=NC(NCc2sc(C)nc2C)=C(C)C(Cl)[N+]1(C)C. The number of aromatic nitrogens is 1. The molecule has 1 aliphatic rings. The molecule has 0 aromatic carbocycles. The van der Waals surface area contributed by atoms with Gasteiger partial charge in [0.2, 0.25) is 0 Å². The maximum Gasteiger partial charge on any atom is 0.266 e. The first-order valence-electron chi connectivity index (χ1n) is 6.76. The van der Waals surface area contributed by atoms with Gasteiger partial charge in [-0.3, -0.25) is 4.48 Å². The van der Waals surface area contributed by atoms with Crippen molar-refractivity contribution < 1.29 is 4.48 Å². The number of nitrogens with zero attached hydrogens (tertiary/aromatic N) is 3. The second kappa shape index (κ2) is 6.28. The predicted octanol–water partition coefficient (Wildman–Crippen LogP) is 3.45. The highest BCUT2D eigenvalue weighted by Crippen LogP contribution is 2.31. The topological polar surface area (TPSA) is 37.3 Å². The lowest BCUT2D eigenvalue weighted by Gasteiger charge is -2.37. The van der Waals surface area contributed by atoms with E-state index in [0.717, 1.165) is 33.8 Å². The summed E-state index contributed by atoms with van der Waals surface area (Å²) in [6.07, 6.45) is 2.04. The molecule has 21 heavy (non-hydrogen) atoms. The van der Waals surface area contributed by atoms with Crippen molar-refractivity contribution in [3.8, 4) is 0 Å². The van der Waals surface area contributed by atoms with E-state index in [4.69, 9.17) is 16.6 Å². The van der Waals surface area contributed by atoms with Crippen molar-refractivity contribution in [2.75, 3.05) is 20.4 Å². The number of aliphatic imine (C=N–C) groups is 1. The van der Waals surface area contributed by atoms with Gasteiger partial charge in [0.25, 0.3) is 5.17 Å². The first kappa shape index (κ1) is 16.8. The van der Waals surface area contributed by atoms with Gasteiger partial charge in [-0.05, 0) is 38.8 Å². The van der Waals surface area contributed by atoms with Crippen LogP contribution in [0, 0.1) is 13.8 Å². The van der Waals surface area contributed by atoms with Crippen LogP contribution in [0.3, 0.4) is 0 Å². The van der Waals surface area contributed by atoms with Gasteiger partial charge in [0.15, 0.2) is 5.50 Å². The molecule has 116 valence electrons. The Kier molecular flexibility index (Phi) is 5.03. The van der Waals surface area contributed by atoms with E-state index >= 15 is 0 Å². The minimum absolute atomic E-state index is 0.100. The molecule has 0 amide bonds. The standard InChI is InChI=1S/C14H22ClN4S2/c1-8-12(15)19(4,5)14(20-6)18-13(8)16-7-11-9(2)17-10(3)21-11/h12,16H,7H2,1-6H3/q+1. The summed E-state index contributed by atoms with van der Waals surface area (Å²) >= 11 is 9.98. The maximum atomic E-state index is 6.61. The fraction of sp³-hybridized carbons (Fsp3) is 0.571. The molecule has 0 fully saturated rings. The van der Waals surface area contributed by atoms with Crippen molar-refractivity contribution in [3.63, 3.8) is 0 Å². The van der Waals surface area contributed by atoms with Crippen molar-refractivity contribution in [2.24, 2.45) is 4.99 Å². The van der Waals surface area contributed by atoms with Crippen molar-refractivity contribution in [1.82, 2.24) is 10.3 Å². The third-order valence-corrected chi connectivity index (χ3v) is 6.41. The lowest BCUT2D eigenvalue weighted by molar-refractivity contribution is -0.803. The summed E-state index contributed by atoms with van der Waals surface area (Å²) in [4.78, 5) is 10.5. The molecule has 7 heteroatoms. The quantitative estimate of drug-likeness (QED) is 0.518. The third-order valence-electron chi connectivity index (χ3n) is 3.60. The number of thioether (sulfide) groups is 1. The lowest BCUT2D eigenvalue weighted by Crippen LogP contribution is -2.52. The summed E-state index contributed by atoms with van der Waals surface area (Å²) in [7, 11) is 4.17. The zero-order chi connectivity index (χ0) is 15.8. The molecular weight excluding hydrogens is 324 g/mol. The molecule has 0 spiro atoms. The molecule has 0 saturated carbocycles. The van der Waals surface area contributed by atoms with E-state index in [1.807, 2.05) is 27.0 Å². The van der Waals surface area contributed by atoms with E-state index in [0.29, 0.717) is 4.48 Å². The molecule has 1 N–H and O–H groups in total. The molecule has 4 nitrogen and oxygen atoms in total. The van der Waals surface area contributed by atoms with E-state index in [9.17, 15) is 0 Å². The number of likely N-dealkylation sites (N-methyl/N-ethyl adjacent to an activating group) is 1. The van der Waals surface area contributed by atoms with Crippen LogP contribution in [0.4, 0.5) is 0 Å². The summed E-state index contributed by atoms with van der Waals surface area (Å²) in [5.74, 6) is 0.891. The van der Waals surface area contributed by atoms with Crippen LogP contribution < -0.4 is 5.32 Å². The van der Waals surface area contributed by atoms with Gasteiger partial charge in [-0.15, -0.1) is 11.3 Å². The number of nitrogens with one attached hydrogen (secondary N) is 1. The van der Waals surface area contributed by atoms with Gasteiger partial charge in [-0.2, -0.15) is 4.99 Å². The van der Waals surface area contributed by atoms with E-state index in [1.165, 1.54) is 4.88 Å². The van der Waals surface area contributed by atoms with Gasteiger partial charge >= 0.3 is 0 Å². The van der Waals surface area contributed by atoms with Crippen LogP contribution in [-0.2, 0) is 6.54 Å². The van der Waals surface area contributed by atoms with Crippen molar-refractivity contribution in [3.05, 3.63) is 27.0 Å².